The van der Waals surface area contributed by atoms with Crippen molar-refractivity contribution in [3.8, 4) is 0 Å². The third-order valence-electron chi connectivity index (χ3n) is 4.68. The normalized spacial score (nSPS) is 12.0. The quantitative estimate of drug-likeness (QED) is 0.480. The van der Waals surface area contributed by atoms with Gasteiger partial charge in [0, 0.05) is 34.5 Å². The van der Waals surface area contributed by atoms with Crippen molar-refractivity contribution in [2.75, 3.05) is 12.3 Å². The number of benzene rings is 2. The second kappa shape index (κ2) is 12.3. The standard InChI is InChI=1S/C23H27Cl2FN2O2S/c1-15(2)11-27-23(30)16(3)28(12-17-7-4-5-10-21(17)26)22(29)14-31-13-18-19(24)8-6-9-20(18)25/h4-10,15-16H,11-14H2,1-3H3,(H,27,30)/t16-/m0/s1. The van der Waals surface area contributed by atoms with Crippen LogP contribution >= 0.6 is 35.0 Å². The number of carbonyl (C=O) groups excluding carboxylic acids is 2. The highest BCUT2D eigenvalue weighted by Gasteiger charge is 2.27. The summed E-state index contributed by atoms with van der Waals surface area (Å²) in [7, 11) is 0. The second-order valence-corrected chi connectivity index (χ2v) is 9.42. The maximum absolute atomic E-state index is 14.2. The largest absolute Gasteiger partial charge is 0.354 e. The van der Waals surface area contributed by atoms with E-state index in [0.717, 1.165) is 5.56 Å². The molecule has 4 nitrogen and oxygen atoms in total. The first-order valence-electron chi connectivity index (χ1n) is 10.0. The first-order valence-corrected chi connectivity index (χ1v) is 11.9. The minimum Gasteiger partial charge on any atom is -0.354 e. The molecule has 2 amide bonds. The molecule has 1 atom stereocenters. The number of nitrogens with zero attached hydrogens (tertiary/aromatic N) is 1. The number of amides is 2. The Hall–Kier alpha value is -1.76. The summed E-state index contributed by atoms with van der Waals surface area (Å²) in [5, 5.41) is 3.92. The first kappa shape index (κ1) is 25.5. The maximum atomic E-state index is 14.2. The van der Waals surface area contributed by atoms with Gasteiger partial charge in [-0.05, 0) is 36.6 Å². The minimum atomic E-state index is -0.740. The highest BCUT2D eigenvalue weighted by molar-refractivity contribution is 7.99. The molecule has 168 valence electrons. The Morgan fingerprint density at radius 2 is 1.71 bits per heavy atom. The second-order valence-electron chi connectivity index (χ2n) is 7.62. The van der Waals surface area contributed by atoms with Gasteiger partial charge in [0.2, 0.25) is 11.8 Å². The van der Waals surface area contributed by atoms with E-state index in [0.29, 0.717) is 27.9 Å². The van der Waals surface area contributed by atoms with Gasteiger partial charge in [-0.2, -0.15) is 0 Å². The molecule has 1 N–H and O–H groups in total. The lowest BCUT2D eigenvalue weighted by Crippen LogP contribution is -2.48. The zero-order valence-corrected chi connectivity index (χ0v) is 20.2. The van der Waals surface area contributed by atoms with E-state index < -0.39 is 11.9 Å². The van der Waals surface area contributed by atoms with Crippen LogP contribution in [0.4, 0.5) is 4.39 Å². The molecule has 2 rings (SSSR count). The van der Waals surface area contributed by atoms with Crippen LogP contribution in [0.25, 0.3) is 0 Å². The van der Waals surface area contributed by atoms with Crippen LogP contribution < -0.4 is 5.32 Å². The molecule has 0 aliphatic heterocycles. The fraction of sp³-hybridized carbons (Fsp3) is 0.391. The Morgan fingerprint density at radius 1 is 1.06 bits per heavy atom. The van der Waals surface area contributed by atoms with Gasteiger partial charge in [-0.1, -0.05) is 61.3 Å². The number of carbonyl (C=O) groups is 2. The SMILES string of the molecule is CC(C)CNC(=O)[C@H](C)N(Cc1ccccc1F)C(=O)CSCc1c(Cl)cccc1Cl. The Bertz CT molecular complexity index is 891. The van der Waals surface area contributed by atoms with Crippen LogP contribution in [0.15, 0.2) is 42.5 Å². The zero-order chi connectivity index (χ0) is 23.0. The van der Waals surface area contributed by atoms with Crippen molar-refractivity contribution in [1.82, 2.24) is 10.2 Å². The van der Waals surface area contributed by atoms with Crippen molar-refractivity contribution >= 4 is 46.8 Å². The molecule has 0 bridgehead atoms. The fourth-order valence-electron chi connectivity index (χ4n) is 2.84. The topological polar surface area (TPSA) is 49.4 Å². The van der Waals surface area contributed by atoms with Crippen LogP contribution in [-0.4, -0.2) is 35.1 Å². The summed E-state index contributed by atoms with van der Waals surface area (Å²) in [5.74, 6) is -0.0988. The Kier molecular flexibility index (Phi) is 10.1. The van der Waals surface area contributed by atoms with Gasteiger partial charge in [0.1, 0.15) is 11.9 Å². The van der Waals surface area contributed by atoms with Crippen molar-refractivity contribution < 1.29 is 14.0 Å². The van der Waals surface area contributed by atoms with E-state index in [1.54, 1.807) is 43.3 Å². The molecule has 0 saturated heterocycles. The van der Waals surface area contributed by atoms with E-state index in [9.17, 15) is 14.0 Å². The van der Waals surface area contributed by atoms with Gasteiger partial charge >= 0.3 is 0 Å². The summed E-state index contributed by atoms with van der Waals surface area (Å²) in [6, 6.07) is 10.8. The smallest absolute Gasteiger partial charge is 0.242 e. The van der Waals surface area contributed by atoms with Gasteiger partial charge in [0.25, 0.3) is 0 Å². The molecule has 0 saturated carbocycles. The van der Waals surface area contributed by atoms with Crippen molar-refractivity contribution in [3.63, 3.8) is 0 Å². The minimum absolute atomic E-state index is 0.00911. The monoisotopic (exact) mass is 484 g/mol. The highest BCUT2D eigenvalue weighted by atomic mass is 35.5. The van der Waals surface area contributed by atoms with Crippen molar-refractivity contribution in [1.29, 1.82) is 0 Å². The average Bonchev–Trinajstić information content (AvgIpc) is 2.72. The molecular weight excluding hydrogens is 458 g/mol. The van der Waals surface area contributed by atoms with Gasteiger partial charge in [-0.3, -0.25) is 9.59 Å². The van der Waals surface area contributed by atoms with E-state index in [1.807, 2.05) is 13.8 Å². The average molecular weight is 485 g/mol. The Morgan fingerprint density at radius 3 is 2.32 bits per heavy atom. The molecule has 0 heterocycles. The lowest BCUT2D eigenvalue weighted by Gasteiger charge is -2.29. The molecule has 0 radical (unpaired) electrons. The molecule has 0 spiro atoms. The molecule has 0 aromatic heterocycles. The van der Waals surface area contributed by atoms with E-state index in [4.69, 9.17) is 23.2 Å². The predicted molar refractivity (Wildman–Crippen MR) is 127 cm³/mol. The van der Waals surface area contributed by atoms with E-state index in [2.05, 4.69) is 5.32 Å². The van der Waals surface area contributed by atoms with Crippen molar-refractivity contribution in [2.45, 2.75) is 39.1 Å². The molecule has 2 aromatic carbocycles. The molecule has 0 aliphatic rings. The fourth-order valence-corrected chi connectivity index (χ4v) is 4.49. The molecular formula is C23H27Cl2FN2O2S. The summed E-state index contributed by atoms with van der Waals surface area (Å²) >= 11 is 13.7. The van der Waals surface area contributed by atoms with Crippen LogP contribution in [0.3, 0.4) is 0 Å². The lowest BCUT2D eigenvalue weighted by atomic mass is 10.1. The molecule has 31 heavy (non-hydrogen) atoms. The van der Waals surface area contributed by atoms with E-state index in [-0.39, 0.29) is 30.0 Å². The van der Waals surface area contributed by atoms with Gasteiger partial charge in [0.05, 0.1) is 5.75 Å². The molecule has 0 fully saturated rings. The van der Waals surface area contributed by atoms with Crippen LogP contribution in [0.5, 0.6) is 0 Å². The van der Waals surface area contributed by atoms with Crippen LogP contribution in [0.2, 0.25) is 10.0 Å². The number of thioether (sulfide) groups is 1. The van der Waals surface area contributed by atoms with E-state index in [1.165, 1.54) is 22.7 Å². The van der Waals surface area contributed by atoms with E-state index >= 15 is 0 Å². The predicted octanol–water partition coefficient (Wildman–Crippen LogP) is 5.56. The van der Waals surface area contributed by atoms with Gasteiger partial charge in [-0.15, -0.1) is 11.8 Å². The molecule has 2 aromatic rings. The summed E-state index contributed by atoms with van der Waals surface area (Å²) in [6.07, 6.45) is 0. The van der Waals surface area contributed by atoms with Crippen molar-refractivity contribution in [3.05, 3.63) is 69.5 Å². The number of hydrogen-bond donors (Lipinski definition) is 1. The lowest BCUT2D eigenvalue weighted by molar-refractivity contribution is -0.138. The third kappa shape index (κ3) is 7.70. The number of nitrogens with one attached hydrogen (secondary N) is 1. The molecule has 8 heteroatoms. The van der Waals surface area contributed by atoms with Gasteiger partial charge in [0.15, 0.2) is 0 Å². The molecule has 0 unspecified atom stereocenters. The highest BCUT2D eigenvalue weighted by Crippen LogP contribution is 2.28. The maximum Gasteiger partial charge on any atom is 0.242 e. The summed E-state index contributed by atoms with van der Waals surface area (Å²) in [6.45, 7) is 6.15. The van der Waals surface area contributed by atoms with Crippen LogP contribution in [0, 0.1) is 11.7 Å². The third-order valence-corrected chi connectivity index (χ3v) is 6.34. The first-order chi connectivity index (χ1) is 14.7. The van der Waals surface area contributed by atoms with Crippen LogP contribution in [-0.2, 0) is 21.9 Å². The van der Waals surface area contributed by atoms with Gasteiger partial charge < -0.3 is 10.2 Å². The number of rotatable bonds is 10. The van der Waals surface area contributed by atoms with Crippen molar-refractivity contribution in [2.24, 2.45) is 5.92 Å². The molecule has 0 aliphatic carbocycles. The summed E-state index contributed by atoms with van der Waals surface area (Å²) < 4.78 is 14.2. The summed E-state index contributed by atoms with van der Waals surface area (Å²) in [5.41, 5.74) is 1.12. The Balaban J connectivity index is 2.11. The van der Waals surface area contributed by atoms with Crippen LogP contribution in [0.1, 0.15) is 31.9 Å². The number of hydrogen-bond acceptors (Lipinski definition) is 3. The summed E-state index contributed by atoms with van der Waals surface area (Å²) in [4.78, 5) is 27.1. The Labute approximate surface area is 197 Å². The number of halogens is 3. The zero-order valence-electron chi connectivity index (χ0n) is 17.8. The van der Waals surface area contributed by atoms with Gasteiger partial charge in [-0.25, -0.2) is 4.39 Å².